The molecule has 3 heterocycles. The van der Waals surface area contributed by atoms with Crippen LogP contribution in [0.1, 0.15) is 23.2 Å². The largest absolute Gasteiger partial charge is 0.338 e. The quantitative estimate of drug-likeness (QED) is 0.802. The lowest BCUT2D eigenvalue weighted by atomic mass is 9.92. The van der Waals surface area contributed by atoms with Crippen LogP contribution in [0.15, 0.2) is 36.8 Å². The minimum atomic E-state index is 0.125. The van der Waals surface area contributed by atoms with Gasteiger partial charge in [-0.05, 0) is 24.0 Å². The van der Waals surface area contributed by atoms with E-state index in [1.54, 1.807) is 0 Å². The summed E-state index contributed by atoms with van der Waals surface area (Å²) in [6.07, 6.45) is 6.50. The molecule has 2 aliphatic rings. The van der Waals surface area contributed by atoms with Gasteiger partial charge in [0.05, 0.1) is 6.33 Å². The van der Waals surface area contributed by atoms with Gasteiger partial charge in [-0.2, -0.15) is 0 Å². The molecule has 0 bridgehead atoms. The molecule has 1 unspecified atom stereocenters. The van der Waals surface area contributed by atoms with E-state index >= 15 is 0 Å². The third-order valence-corrected chi connectivity index (χ3v) is 4.76. The number of hydrogen-bond acceptors (Lipinski definition) is 2. The first-order chi connectivity index (χ1) is 10.3. The van der Waals surface area contributed by atoms with Crippen molar-refractivity contribution in [2.75, 3.05) is 6.54 Å². The fourth-order valence-corrected chi connectivity index (χ4v) is 3.52. The molecule has 1 aromatic heterocycles. The molecule has 1 atom stereocenters. The summed E-state index contributed by atoms with van der Waals surface area (Å²) in [4.78, 5) is 19.0. The Morgan fingerprint density at radius 1 is 1.19 bits per heavy atom. The van der Waals surface area contributed by atoms with Gasteiger partial charge in [-0.15, -0.1) is 0 Å². The van der Waals surface area contributed by atoms with Crippen molar-refractivity contribution in [3.05, 3.63) is 53.6 Å². The average molecular weight is 281 g/mol. The second kappa shape index (κ2) is 5.02. The van der Waals surface area contributed by atoms with Gasteiger partial charge < -0.3 is 9.47 Å². The number of hydrogen-bond donors (Lipinski definition) is 0. The number of rotatable bonds is 1. The Morgan fingerprint density at radius 3 is 2.95 bits per heavy atom. The minimum absolute atomic E-state index is 0.125. The zero-order valence-corrected chi connectivity index (χ0v) is 12.0. The van der Waals surface area contributed by atoms with Crippen LogP contribution in [0.5, 0.6) is 0 Å². The average Bonchev–Trinajstić information content (AvgIpc) is 3.01. The Balaban J connectivity index is 1.49. The normalized spacial score (nSPS) is 20.8. The van der Waals surface area contributed by atoms with Crippen LogP contribution in [0.4, 0.5) is 0 Å². The van der Waals surface area contributed by atoms with Crippen LogP contribution in [0, 0.1) is 5.92 Å². The first-order valence-corrected chi connectivity index (χ1v) is 7.66. The predicted molar refractivity (Wildman–Crippen MR) is 79.6 cm³/mol. The molecule has 21 heavy (non-hydrogen) atoms. The smallest absolute Gasteiger partial charge is 0.226 e. The molecular weight excluding hydrogens is 262 g/mol. The summed E-state index contributed by atoms with van der Waals surface area (Å²) in [6, 6.07) is 8.46. The molecule has 2 aromatic rings. The molecule has 0 spiro atoms. The Hall–Kier alpha value is -2.10. The number of amides is 1. The van der Waals surface area contributed by atoms with Gasteiger partial charge in [-0.3, -0.25) is 4.79 Å². The van der Waals surface area contributed by atoms with Crippen LogP contribution in [-0.2, 0) is 30.7 Å². The molecule has 0 saturated carbocycles. The molecule has 4 nitrogen and oxygen atoms in total. The second-order valence-corrected chi connectivity index (χ2v) is 6.05. The summed E-state index contributed by atoms with van der Waals surface area (Å²) in [5, 5.41) is 0. The van der Waals surface area contributed by atoms with Crippen LogP contribution in [0.3, 0.4) is 0 Å². The highest BCUT2D eigenvalue weighted by molar-refractivity contribution is 5.79. The number of nitrogens with zero attached hydrogens (tertiary/aromatic N) is 3. The maximum absolute atomic E-state index is 12.8. The summed E-state index contributed by atoms with van der Waals surface area (Å²) >= 11 is 0. The minimum Gasteiger partial charge on any atom is -0.338 e. The van der Waals surface area contributed by atoms with Crippen molar-refractivity contribution >= 4 is 5.91 Å². The van der Waals surface area contributed by atoms with E-state index in [1.807, 2.05) is 17.4 Å². The van der Waals surface area contributed by atoms with Gasteiger partial charge in [-0.1, -0.05) is 24.3 Å². The van der Waals surface area contributed by atoms with E-state index in [9.17, 15) is 4.79 Å². The Kier molecular flexibility index (Phi) is 3.02. The van der Waals surface area contributed by atoms with Gasteiger partial charge in [0, 0.05) is 43.9 Å². The molecule has 1 amide bonds. The fraction of sp³-hybridized carbons (Fsp3) is 0.412. The third kappa shape index (κ3) is 2.24. The predicted octanol–water partition coefficient (Wildman–Crippen LogP) is 2.03. The van der Waals surface area contributed by atoms with Gasteiger partial charge >= 0.3 is 0 Å². The van der Waals surface area contributed by atoms with Crippen molar-refractivity contribution in [3.63, 3.8) is 0 Å². The highest BCUT2D eigenvalue weighted by Crippen LogP contribution is 2.25. The second-order valence-electron chi connectivity index (χ2n) is 6.05. The molecule has 108 valence electrons. The lowest BCUT2D eigenvalue weighted by molar-refractivity contribution is -0.137. The lowest BCUT2D eigenvalue weighted by Crippen LogP contribution is -2.41. The zero-order valence-electron chi connectivity index (χ0n) is 12.0. The van der Waals surface area contributed by atoms with E-state index in [4.69, 9.17) is 0 Å². The van der Waals surface area contributed by atoms with Crippen molar-refractivity contribution in [3.8, 4) is 0 Å². The Labute approximate surface area is 124 Å². The Morgan fingerprint density at radius 2 is 2.05 bits per heavy atom. The number of carbonyl (C=O) groups excluding carboxylic acids is 1. The number of imidazole rings is 1. The van der Waals surface area contributed by atoms with Gasteiger partial charge in [0.1, 0.15) is 0 Å². The SMILES string of the molecule is O=C(C1CCn2cncc2C1)N1CCc2ccccc2C1. The molecule has 0 N–H and O–H groups in total. The van der Waals surface area contributed by atoms with Crippen molar-refractivity contribution in [1.82, 2.24) is 14.5 Å². The monoisotopic (exact) mass is 281 g/mol. The topological polar surface area (TPSA) is 38.1 Å². The van der Waals surface area contributed by atoms with Crippen molar-refractivity contribution in [2.24, 2.45) is 5.92 Å². The van der Waals surface area contributed by atoms with Crippen molar-refractivity contribution in [1.29, 1.82) is 0 Å². The van der Waals surface area contributed by atoms with Gasteiger partial charge in [0.25, 0.3) is 0 Å². The van der Waals surface area contributed by atoms with Crippen LogP contribution < -0.4 is 0 Å². The summed E-state index contributed by atoms with van der Waals surface area (Å²) in [6.45, 7) is 2.53. The van der Waals surface area contributed by atoms with Gasteiger partial charge in [0.2, 0.25) is 5.91 Å². The van der Waals surface area contributed by atoms with Crippen LogP contribution in [0.25, 0.3) is 0 Å². The molecule has 0 aliphatic carbocycles. The molecule has 4 heteroatoms. The number of carbonyl (C=O) groups is 1. The van der Waals surface area contributed by atoms with Crippen molar-refractivity contribution < 1.29 is 4.79 Å². The maximum Gasteiger partial charge on any atom is 0.226 e. The Bertz CT molecular complexity index is 676. The number of fused-ring (bicyclic) bond motifs is 2. The zero-order chi connectivity index (χ0) is 14.2. The molecule has 0 radical (unpaired) electrons. The van der Waals surface area contributed by atoms with E-state index in [1.165, 1.54) is 16.8 Å². The van der Waals surface area contributed by atoms with E-state index in [-0.39, 0.29) is 5.92 Å². The number of aromatic nitrogens is 2. The summed E-state index contributed by atoms with van der Waals surface area (Å²) in [5.74, 6) is 0.441. The fourth-order valence-electron chi connectivity index (χ4n) is 3.52. The van der Waals surface area contributed by atoms with Gasteiger partial charge in [-0.25, -0.2) is 4.98 Å². The third-order valence-electron chi connectivity index (χ3n) is 4.76. The van der Waals surface area contributed by atoms with E-state index in [0.717, 1.165) is 38.9 Å². The highest BCUT2D eigenvalue weighted by Gasteiger charge is 2.30. The highest BCUT2D eigenvalue weighted by atomic mass is 16.2. The first-order valence-electron chi connectivity index (χ1n) is 7.66. The lowest BCUT2D eigenvalue weighted by Gasteiger charge is -2.33. The van der Waals surface area contributed by atoms with E-state index in [2.05, 4.69) is 33.8 Å². The van der Waals surface area contributed by atoms with Crippen LogP contribution in [0.2, 0.25) is 0 Å². The molecule has 0 saturated heterocycles. The van der Waals surface area contributed by atoms with Crippen LogP contribution in [-0.4, -0.2) is 26.9 Å². The molecular formula is C17H19N3O. The first kappa shape index (κ1) is 12.6. The van der Waals surface area contributed by atoms with E-state index < -0.39 is 0 Å². The standard InChI is InChI=1S/C17H19N3O/c21-17(14-6-8-20-12-18-10-16(20)9-14)19-7-5-13-3-1-2-4-15(13)11-19/h1-4,10,12,14H,5-9,11H2. The number of aryl methyl sites for hydroxylation is 1. The molecule has 1 aromatic carbocycles. The van der Waals surface area contributed by atoms with Gasteiger partial charge in [0.15, 0.2) is 0 Å². The maximum atomic E-state index is 12.8. The molecule has 0 fully saturated rings. The van der Waals surface area contributed by atoms with Crippen molar-refractivity contribution in [2.45, 2.75) is 32.4 Å². The molecule has 4 rings (SSSR count). The van der Waals surface area contributed by atoms with Crippen LogP contribution >= 0.6 is 0 Å². The summed E-state index contributed by atoms with van der Waals surface area (Å²) < 4.78 is 2.16. The molecule has 2 aliphatic heterocycles. The number of benzene rings is 1. The van der Waals surface area contributed by atoms with E-state index in [0.29, 0.717) is 5.91 Å². The summed E-state index contributed by atoms with van der Waals surface area (Å²) in [5.41, 5.74) is 3.89. The summed E-state index contributed by atoms with van der Waals surface area (Å²) in [7, 11) is 0.